The third-order valence-corrected chi connectivity index (χ3v) is 5.66. The van der Waals surface area contributed by atoms with Crippen molar-refractivity contribution in [1.82, 2.24) is 15.5 Å². The highest BCUT2D eigenvalue weighted by Crippen LogP contribution is 2.24. The number of fused-ring (bicyclic) bond motifs is 1. The molecule has 0 bridgehead atoms. The zero-order valence-corrected chi connectivity index (χ0v) is 16.6. The Morgan fingerprint density at radius 1 is 1.21 bits per heavy atom. The van der Waals surface area contributed by atoms with Gasteiger partial charge >= 0.3 is 0 Å². The number of halogens is 1. The van der Waals surface area contributed by atoms with E-state index in [4.69, 9.17) is 16.3 Å². The van der Waals surface area contributed by atoms with E-state index in [1.165, 1.54) is 22.5 Å². The molecule has 4 rings (SSSR count). The summed E-state index contributed by atoms with van der Waals surface area (Å²) >= 11 is 7.42. The molecule has 2 N–H and O–H groups in total. The molecule has 0 saturated heterocycles. The minimum absolute atomic E-state index is 0.170. The van der Waals surface area contributed by atoms with Crippen LogP contribution < -0.4 is 15.4 Å². The summed E-state index contributed by atoms with van der Waals surface area (Å²) in [7, 11) is 0. The molecule has 1 aliphatic heterocycles. The number of nitrogens with zero attached hydrogens (tertiary/aromatic N) is 2. The van der Waals surface area contributed by atoms with Crippen LogP contribution in [-0.4, -0.2) is 29.3 Å². The summed E-state index contributed by atoms with van der Waals surface area (Å²) in [6.07, 6.45) is 1.52. The van der Waals surface area contributed by atoms with Crippen LogP contribution >= 0.6 is 22.9 Å². The average molecular weight is 415 g/mol. The first-order chi connectivity index (χ1) is 13.7. The lowest BCUT2D eigenvalue weighted by Gasteiger charge is -2.17. The molecule has 0 radical (unpaired) electrons. The molecular formula is C20H19ClN4O2S. The maximum absolute atomic E-state index is 12.5. The Balaban J connectivity index is 1.33. The number of para-hydroxylation sites is 1. The molecule has 6 nitrogen and oxygen atoms in total. The van der Waals surface area contributed by atoms with Gasteiger partial charge in [0.05, 0.1) is 11.6 Å². The van der Waals surface area contributed by atoms with E-state index in [1.807, 2.05) is 36.4 Å². The normalized spacial score (nSPS) is 13.0. The van der Waals surface area contributed by atoms with Gasteiger partial charge in [-0.05, 0) is 48.4 Å². The average Bonchev–Trinajstić information content (AvgIpc) is 3.16. The summed E-state index contributed by atoms with van der Waals surface area (Å²) in [5.74, 6) is 0.473. The fourth-order valence-corrected chi connectivity index (χ4v) is 3.91. The standard InChI is InChI=1S/C20H19ClN4O2S/c21-16-3-1-2-4-17(16)27-10-8-18-24-25-20(28-18)23-19(26)14-5-6-15-12-22-9-7-13(15)11-14/h1-6,11,22H,7-10,12H2,(H,23,25,26). The van der Waals surface area contributed by atoms with Gasteiger partial charge in [0.2, 0.25) is 5.13 Å². The first-order valence-corrected chi connectivity index (χ1v) is 10.2. The Morgan fingerprint density at radius 3 is 3.00 bits per heavy atom. The van der Waals surface area contributed by atoms with E-state index in [1.54, 1.807) is 6.07 Å². The number of benzene rings is 2. The number of hydrogen-bond donors (Lipinski definition) is 2. The van der Waals surface area contributed by atoms with Gasteiger partial charge in [0.25, 0.3) is 5.91 Å². The molecule has 144 valence electrons. The van der Waals surface area contributed by atoms with Crippen LogP contribution in [-0.2, 0) is 19.4 Å². The van der Waals surface area contributed by atoms with Crippen molar-refractivity contribution in [1.29, 1.82) is 0 Å². The summed E-state index contributed by atoms with van der Waals surface area (Å²) in [4.78, 5) is 12.5. The summed E-state index contributed by atoms with van der Waals surface area (Å²) in [6.45, 7) is 2.23. The number of carbonyl (C=O) groups excluding carboxylic acids is 1. The van der Waals surface area contributed by atoms with Gasteiger partial charge in [-0.2, -0.15) is 0 Å². The zero-order chi connectivity index (χ0) is 19.3. The molecule has 1 aliphatic rings. The molecule has 0 saturated carbocycles. The molecule has 0 fully saturated rings. The van der Waals surface area contributed by atoms with E-state index in [0.717, 1.165) is 24.5 Å². The SMILES string of the molecule is O=C(Nc1nnc(CCOc2ccccc2Cl)s1)c1ccc2c(c1)CCNC2. The highest BCUT2D eigenvalue weighted by molar-refractivity contribution is 7.15. The van der Waals surface area contributed by atoms with Gasteiger partial charge in [-0.15, -0.1) is 10.2 Å². The summed E-state index contributed by atoms with van der Waals surface area (Å²) < 4.78 is 5.67. The van der Waals surface area contributed by atoms with Gasteiger partial charge < -0.3 is 10.1 Å². The molecule has 1 amide bonds. The molecule has 3 aromatic rings. The van der Waals surface area contributed by atoms with Gasteiger partial charge in [0, 0.05) is 18.5 Å². The minimum atomic E-state index is -0.170. The van der Waals surface area contributed by atoms with Crippen LogP contribution in [0.1, 0.15) is 26.5 Å². The van der Waals surface area contributed by atoms with Crippen molar-refractivity contribution < 1.29 is 9.53 Å². The summed E-state index contributed by atoms with van der Waals surface area (Å²) in [5.41, 5.74) is 3.11. The van der Waals surface area contributed by atoms with Crippen molar-refractivity contribution in [3.8, 4) is 5.75 Å². The maximum atomic E-state index is 12.5. The number of aromatic nitrogens is 2. The van der Waals surface area contributed by atoms with Crippen molar-refractivity contribution in [3.05, 3.63) is 69.2 Å². The Bertz CT molecular complexity index is 992. The second-order valence-corrected chi connectivity index (χ2v) is 7.86. The van der Waals surface area contributed by atoms with E-state index in [9.17, 15) is 4.79 Å². The van der Waals surface area contributed by atoms with Crippen LogP contribution in [0.2, 0.25) is 5.02 Å². The quantitative estimate of drug-likeness (QED) is 0.643. The lowest BCUT2D eigenvalue weighted by atomic mass is 9.98. The largest absolute Gasteiger partial charge is 0.492 e. The molecule has 2 aromatic carbocycles. The molecule has 0 spiro atoms. The van der Waals surface area contributed by atoms with Crippen molar-refractivity contribution in [2.75, 3.05) is 18.5 Å². The molecular weight excluding hydrogens is 396 g/mol. The lowest BCUT2D eigenvalue weighted by Crippen LogP contribution is -2.24. The number of hydrogen-bond acceptors (Lipinski definition) is 6. The number of ether oxygens (including phenoxy) is 1. The monoisotopic (exact) mass is 414 g/mol. The highest BCUT2D eigenvalue weighted by atomic mass is 35.5. The van der Waals surface area contributed by atoms with Gasteiger partial charge in [-0.25, -0.2) is 0 Å². The second-order valence-electron chi connectivity index (χ2n) is 6.39. The molecule has 2 heterocycles. The third kappa shape index (κ3) is 4.49. The van der Waals surface area contributed by atoms with Crippen LogP contribution in [0.25, 0.3) is 0 Å². The van der Waals surface area contributed by atoms with E-state index in [-0.39, 0.29) is 5.91 Å². The smallest absolute Gasteiger partial charge is 0.257 e. The van der Waals surface area contributed by atoms with E-state index in [2.05, 4.69) is 20.8 Å². The Kier molecular flexibility index (Phi) is 5.85. The Labute approximate surface area is 171 Å². The lowest BCUT2D eigenvalue weighted by molar-refractivity contribution is 0.102. The molecule has 0 atom stereocenters. The number of nitrogens with one attached hydrogen (secondary N) is 2. The Hall–Kier alpha value is -2.48. The van der Waals surface area contributed by atoms with Crippen LogP contribution in [0, 0.1) is 0 Å². The summed E-state index contributed by atoms with van der Waals surface area (Å²) in [5, 5.41) is 16.2. The van der Waals surface area contributed by atoms with E-state index >= 15 is 0 Å². The zero-order valence-electron chi connectivity index (χ0n) is 15.1. The molecule has 0 aliphatic carbocycles. The van der Waals surface area contributed by atoms with Crippen LogP contribution in [0.4, 0.5) is 5.13 Å². The number of carbonyl (C=O) groups is 1. The van der Waals surface area contributed by atoms with Gasteiger partial charge in [-0.1, -0.05) is 41.1 Å². The highest BCUT2D eigenvalue weighted by Gasteiger charge is 2.14. The molecule has 8 heteroatoms. The van der Waals surface area contributed by atoms with Crippen molar-refractivity contribution in [3.63, 3.8) is 0 Å². The minimum Gasteiger partial charge on any atom is -0.492 e. The fraction of sp³-hybridized carbons (Fsp3) is 0.250. The predicted molar refractivity (Wildman–Crippen MR) is 110 cm³/mol. The number of rotatable bonds is 6. The van der Waals surface area contributed by atoms with Gasteiger partial charge in [-0.3, -0.25) is 10.1 Å². The van der Waals surface area contributed by atoms with Crippen LogP contribution in [0.5, 0.6) is 5.75 Å². The van der Waals surface area contributed by atoms with Crippen molar-refractivity contribution in [2.45, 2.75) is 19.4 Å². The van der Waals surface area contributed by atoms with E-state index in [0.29, 0.717) is 34.5 Å². The number of anilines is 1. The van der Waals surface area contributed by atoms with Crippen LogP contribution in [0.3, 0.4) is 0 Å². The molecule has 1 aromatic heterocycles. The molecule has 0 unspecified atom stereocenters. The van der Waals surface area contributed by atoms with Crippen LogP contribution in [0.15, 0.2) is 42.5 Å². The van der Waals surface area contributed by atoms with Crippen molar-refractivity contribution >= 4 is 34.0 Å². The van der Waals surface area contributed by atoms with Gasteiger partial charge in [0.1, 0.15) is 10.8 Å². The number of amides is 1. The van der Waals surface area contributed by atoms with Crippen molar-refractivity contribution in [2.24, 2.45) is 0 Å². The Morgan fingerprint density at radius 2 is 2.11 bits per heavy atom. The van der Waals surface area contributed by atoms with E-state index < -0.39 is 0 Å². The topological polar surface area (TPSA) is 76.1 Å². The summed E-state index contributed by atoms with van der Waals surface area (Å²) in [6, 6.07) is 13.2. The predicted octanol–water partition coefficient (Wildman–Crippen LogP) is 3.71. The maximum Gasteiger partial charge on any atom is 0.257 e. The first-order valence-electron chi connectivity index (χ1n) is 9.02. The first kappa shape index (κ1) is 18.9. The molecule has 28 heavy (non-hydrogen) atoms. The second kappa shape index (κ2) is 8.68. The fourth-order valence-electron chi connectivity index (χ4n) is 3.00. The van der Waals surface area contributed by atoms with Gasteiger partial charge in [0.15, 0.2) is 0 Å². The third-order valence-electron chi connectivity index (χ3n) is 4.45.